The Morgan fingerprint density at radius 1 is 1.44 bits per heavy atom. The Hall–Kier alpha value is -1.27. The maximum atomic E-state index is 5.30. The van der Waals surface area contributed by atoms with Crippen LogP contribution in [0.5, 0.6) is 0 Å². The smallest absolute Gasteiger partial charge is 0.277 e. The summed E-state index contributed by atoms with van der Waals surface area (Å²) in [4.78, 5) is 8.67. The van der Waals surface area contributed by atoms with E-state index >= 15 is 0 Å². The summed E-state index contributed by atoms with van der Waals surface area (Å²) >= 11 is 1.58. The molecule has 3 heterocycles. The number of rotatable bonds is 2. The number of ether oxygens (including phenoxy) is 1. The van der Waals surface area contributed by atoms with Crippen molar-refractivity contribution < 1.29 is 9.26 Å². The quantitative estimate of drug-likeness (QED) is 0.799. The molecule has 84 valence electrons. The molecule has 1 unspecified atom stereocenters. The maximum Gasteiger partial charge on any atom is 0.277 e. The SMILES string of the molecule is Cc1nc(-c2nc(C3CCOC3)no2)cs1. The van der Waals surface area contributed by atoms with Crippen LogP contribution < -0.4 is 0 Å². The molecule has 1 fully saturated rings. The first-order valence-corrected chi connectivity index (χ1v) is 6.05. The van der Waals surface area contributed by atoms with Crippen molar-refractivity contribution in [3.8, 4) is 11.6 Å². The molecule has 0 aromatic carbocycles. The second kappa shape index (κ2) is 3.95. The molecule has 0 saturated carbocycles. The van der Waals surface area contributed by atoms with Crippen molar-refractivity contribution in [2.75, 3.05) is 13.2 Å². The zero-order valence-corrected chi connectivity index (χ0v) is 9.66. The van der Waals surface area contributed by atoms with Crippen molar-refractivity contribution in [1.82, 2.24) is 15.1 Å². The molecule has 1 aliphatic heterocycles. The molecule has 5 nitrogen and oxygen atoms in total. The standard InChI is InChI=1S/C10H11N3O2S/c1-6-11-8(5-16-6)10-12-9(13-15-10)7-2-3-14-4-7/h5,7H,2-4H2,1H3. The summed E-state index contributed by atoms with van der Waals surface area (Å²) in [7, 11) is 0. The average molecular weight is 237 g/mol. The number of aromatic nitrogens is 3. The average Bonchev–Trinajstić information content (AvgIpc) is 2.97. The Balaban J connectivity index is 1.87. The first kappa shape index (κ1) is 9.92. The molecule has 0 bridgehead atoms. The molecule has 0 aliphatic carbocycles. The Morgan fingerprint density at radius 3 is 3.06 bits per heavy atom. The van der Waals surface area contributed by atoms with Gasteiger partial charge in [-0.25, -0.2) is 4.98 Å². The highest BCUT2D eigenvalue weighted by Crippen LogP contribution is 2.26. The fourth-order valence-electron chi connectivity index (χ4n) is 1.70. The van der Waals surface area contributed by atoms with Crippen LogP contribution in [0.15, 0.2) is 9.90 Å². The fourth-order valence-corrected chi connectivity index (χ4v) is 2.29. The van der Waals surface area contributed by atoms with Crippen molar-refractivity contribution in [2.45, 2.75) is 19.3 Å². The van der Waals surface area contributed by atoms with Gasteiger partial charge in [0.15, 0.2) is 5.82 Å². The minimum Gasteiger partial charge on any atom is -0.381 e. The number of hydrogen-bond donors (Lipinski definition) is 0. The van der Waals surface area contributed by atoms with Crippen LogP contribution in [0, 0.1) is 6.92 Å². The van der Waals surface area contributed by atoms with Gasteiger partial charge in [-0.2, -0.15) is 4.98 Å². The molecule has 2 aromatic rings. The van der Waals surface area contributed by atoms with Gasteiger partial charge in [-0.3, -0.25) is 0 Å². The molecule has 0 spiro atoms. The summed E-state index contributed by atoms with van der Waals surface area (Å²) in [6, 6.07) is 0. The maximum absolute atomic E-state index is 5.30. The van der Waals surface area contributed by atoms with E-state index in [1.807, 2.05) is 12.3 Å². The predicted octanol–water partition coefficient (Wildman–Crippen LogP) is 2.01. The Morgan fingerprint density at radius 2 is 2.38 bits per heavy atom. The molecular formula is C10H11N3O2S. The third kappa shape index (κ3) is 1.74. The van der Waals surface area contributed by atoms with Crippen LogP contribution in [0.3, 0.4) is 0 Å². The lowest BCUT2D eigenvalue weighted by molar-refractivity contribution is 0.192. The summed E-state index contributed by atoms with van der Waals surface area (Å²) < 4.78 is 10.5. The van der Waals surface area contributed by atoms with Crippen LogP contribution in [0.2, 0.25) is 0 Å². The van der Waals surface area contributed by atoms with Crippen LogP contribution in [-0.2, 0) is 4.74 Å². The molecule has 1 saturated heterocycles. The van der Waals surface area contributed by atoms with E-state index in [0.717, 1.165) is 29.6 Å². The summed E-state index contributed by atoms with van der Waals surface area (Å²) in [6.07, 6.45) is 0.967. The second-order valence-electron chi connectivity index (χ2n) is 3.77. The summed E-state index contributed by atoms with van der Waals surface area (Å²) in [5.41, 5.74) is 0.764. The fraction of sp³-hybridized carbons (Fsp3) is 0.500. The molecule has 3 rings (SSSR count). The van der Waals surface area contributed by atoms with E-state index in [1.165, 1.54) is 0 Å². The van der Waals surface area contributed by atoms with E-state index in [9.17, 15) is 0 Å². The predicted molar refractivity (Wildman–Crippen MR) is 58.3 cm³/mol. The topological polar surface area (TPSA) is 61.0 Å². The van der Waals surface area contributed by atoms with Gasteiger partial charge in [0.1, 0.15) is 5.69 Å². The second-order valence-corrected chi connectivity index (χ2v) is 4.83. The van der Waals surface area contributed by atoms with Crippen LogP contribution in [0.25, 0.3) is 11.6 Å². The van der Waals surface area contributed by atoms with Gasteiger partial charge >= 0.3 is 0 Å². The third-order valence-corrected chi connectivity index (χ3v) is 3.35. The lowest BCUT2D eigenvalue weighted by Crippen LogP contribution is -1.99. The van der Waals surface area contributed by atoms with Gasteiger partial charge in [-0.15, -0.1) is 11.3 Å². The van der Waals surface area contributed by atoms with Crippen molar-refractivity contribution in [1.29, 1.82) is 0 Å². The summed E-state index contributed by atoms with van der Waals surface area (Å²) in [5.74, 6) is 1.52. The van der Waals surface area contributed by atoms with Crippen molar-refractivity contribution in [3.05, 3.63) is 16.2 Å². The van der Waals surface area contributed by atoms with Crippen LogP contribution in [0.4, 0.5) is 0 Å². The number of thiazole rings is 1. The van der Waals surface area contributed by atoms with E-state index in [4.69, 9.17) is 9.26 Å². The highest BCUT2D eigenvalue weighted by Gasteiger charge is 2.23. The normalized spacial score (nSPS) is 20.4. The molecule has 0 radical (unpaired) electrons. The van der Waals surface area contributed by atoms with E-state index in [2.05, 4.69) is 15.1 Å². The Bertz CT molecular complexity index is 488. The Labute approximate surface area is 96.5 Å². The van der Waals surface area contributed by atoms with Gasteiger partial charge in [-0.1, -0.05) is 5.16 Å². The zero-order valence-electron chi connectivity index (χ0n) is 8.84. The molecule has 1 atom stereocenters. The lowest BCUT2D eigenvalue weighted by atomic mass is 10.1. The number of hydrogen-bond acceptors (Lipinski definition) is 6. The van der Waals surface area contributed by atoms with Crippen LogP contribution in [-0.4, -0.2) is 28.3 Å². The largest absolute Gasteiger partial charge is 0.381 e. The van der Waals surface area contributed by atoms with Crippen molar-refractivity contribution in [3.63, 3.8) is 0 Å². The van der Waals surface area contributed by atoms with E-state index in [0.29, 0.717) is 12.5 Å². The molecule has 1 aliphatic rings. The summed E-state index contributed by atoms with van der Waals surface area (Å²) in [5, 5.41) is 6.91. The first-order chi connectivity index (χ1) is 7.83. The zero-order chi connectivity index (χ0) is 11.0. The monoisotopic (exact) mass is 237 g/mol. The minimum absolute atomic E-state index is 0.275. The van der Waals surface area contributed by atoms with E-state index in [-0.39, 0.29) is 5.92 Å². The molecule has 2 aromatic heterocycles. The van der Waals surface area contributed by atoms with Crippen LogP contribution in [0.1, 0.15) is 23.2 Å². The molecule has 16 heavy (non-hydrogen) atoms. The number of aryl methyl sites for hydroxylation is 1. The van der Waals surface area contributed by atoms with Gasteiger partial charge < -0.3 is 9.26 Å². The van der Waals surface area contributed by atoms with Crippen LogP contribution >= 0.6 is 11.3 Å². The van der Waals surface area contributed by atoms with E-state index < -0.39 is 0 Å². The van der Waals surface area contributed by atoms with Gasteiger partial charge in [0.2, 0.25) is 0 Å². The van der Waals surface area contributed by atoms with Gasteiger partial charge in [0, 0.05) is 17.9 Å². The van der Waals surface area contributed by atoms with Gasteiger partial charge in [0.25, 0.3) is 5.89 Å². The lowest BCUT2D eigenvalue weighted by Gasteiger charge is -1.97. The molecular weight excluding hydrogens is 226 g/mol. The molecule has 0 amide bonds. The Kier molecular flexibility index (Phi) is 2.45. The highest BCUT2D eigenvalue weighted by atomic mass is 32.1. The highest BCUT2D eigenvalue weighted by molar-refractivity contribution is 7.09. The van der Waals surface area contributed by atoms with Crippen molar-refractivity contribution >= 4 is 11.3 Å². The third-order valence-electron chi connectivity index (χ3n) is 2.57. The molecule has 0 N–H and O–H groups in total. The van der Waals surface area contributed by atoms with Gasteiger partial charge in [0.05, 0.1) is 11.6 Å². The minimum atomic E-state index is 0.275. The molecule has 6 heteroatoms. The number of nitrogens with zero attached hydrogens (tertiary/aromatic N) is 3. The first-order valence-electron chi connectivity index (χ1n) is 5.17. The van der Waals surface area contributed by atoms with Gasteiger partial charge in [-0.05, 0) is 13.3 Å². The van der Waals surface area contributed by atoms with Crippen molar-refractivity contribution in [2.24, 2.45) is 0 Å². The summed E-state index contributed by atoms with van der Waals surface area (Å²) in [6.45, 7) is 3.43. The van der Waals surface area contributed by atoms with E-state index in [1.54, 1.807) is 11.3 Å².